The van der Waals surface area contributed by atoms with Gasteiger partial charge in [-0.3, -0.25) is 4.79 Å². The second-order valence-electron chi connectivity index (χ2n) is 3.63. The highest BCUT2D eigenvalue weighted by Crippen LogP contribution is 2.30. The number of carbonyl (C=O) groups excluding carboxylic acids is 1. The second kappa shape index (κ2) is 4.58. The first-order chi connectivity index (χ1) is 6.22. The zero-order valence-corrected chi connectivity index (χ0v) is 7.92. The average molecular weight is 186 g/mol. The Bertz CT molecular complexity index is 176. The maximum absolute atomic E-state index is 11.0. The van der Waals surface area contributed by atoms with Crippen LogP contribution >= 0.6 is 0 Å². The maximum Gasteiger partial charge on any atom is 0.320 e. The van der Waals surface area contributed by atoms with E-state index in [0.29, 0.717) is 6.54 Å². The van der Waals surface area contributed by atoms with Gasteiger partial charge in [-0.05, 0) is 25.7 Å². The number of esters is 1. The first kappa shape index (κ1) is 10.5. The zero-order chi connectivity index (χ0) is 9.73. The van der Waals surface area contributed by atoms with Gasteiger partial charge in [-0.1, -0.05) is 6.42 Å². The molecule has 1 saturated carbocycles. The highest BCUT2D eigenvalue weighted by molar-refractivity contribution is 5.71. The van der Waals surface area contributed by atoms with E-state index in [4.69, 9.17) is 16.2 Å². The SMILES string of the molecule is NCC(=O)OC1(CN)CCCCC1. The summed E-state index contributed by atoms with van der Waals surface area (Å²) in [4.78, 5) is 11.0. The number of hydrogen-bond acceptors (Lipinski definition) is 4. The van der Waals surface area contributed by atoms with Crippen LogP contribution in [0.5, 0.6) is 0 Å². The minimum Gasteiger partial charge on any atom is -0.457 e. The lowest BCUT2D eigenvalue weighted by Gasteiger charge is -2.35. The van der Waals surface area contributed by atoms with Gasteiger partial charge in [-0.15, -0.1) is 0 Å². The summed E-state index contributed by atoms with van der Waals surface area (Å²) in [6.45, 7) is 0.362. The third kappa shape index (κ3) is 2.67. The normalized spacial score (nSPS) is 21.1. The fourth-order valence-corrected chi connectivity index (χ4v) is 1.83. The van der Waals surface area contributed by atoms with E-state index in [9.17, 15) is 4.79 Å². The van der Waals surface area contributed by atoms with Crippen molar-refractivity contribution in [3.8, 4) is 0 Å². The van der Waals surface area contributed by atoms with Crippen molar-refractivity contribution < 1.29 is 9.53 Å². The van der Waals surface area contributed by atoms with Crippen LogP contribution in [-0.2, 0) is 9.53 Å². The van der Waals surface area contributed by atoms with Crippen LogP contribution in [0, 0.1) is 0 Å². The molecule has 0 aromatic rings. The molecule has 4 nitrogen and oxygen atoms in total. The summed E-state index contributed by atoms with van der Waals surface area (Å²) < 4.78 is 5.29. The second-order valence-corrected chi connectivity index (χ2v) is 3.63. The summed E-state index contributed by atoms with van der Waals surface area (Å²) in [5, 5.41) is 0. The Labute approximate surface area is 78.6 Å². The van der Waals surface area contributed by atoms with Crippen LogP contribution in [0.25, 0.3) is 0 Å². The van der Waals surface area contributed by atoms with Crippen LogP contribution in [0.3, 0.4) is 0 Å². The summed E-state index contributed by atoms with van der Waals surface area (Å²) >= 11 is 0. The summed E-state index contributed by atoms with van der Waals surface area (Å²) in [6, 6.07) is 0. The summed E-state index contributed by atoms with van der Waals surface area (Å²) in [7, 11) is 0. The Kier molecular flexibility index (Phi) is 3.69. The molecule has 4 heteroatoms. The molecule has 4 N–H and O–H groups in total. The average Bonchev–Trinajstić information content (AvgIpc) is 2.19. The summed E-state index contributed by atoms with van der Waals surface area (Å²) in [6.07, 6.45) is 5.16. The van der Waals surface area contributed by atoms with E-state index in [1.807, 2.05) is 0 Å². The van der Waals surface area contributed by atoms with E-state index in [0.717, 1.165) is 25.7 Å². The topological polar surface area (TPSA) is 78.3 Å². The third-order valence-corrected chi connectivity index (χ3v) is 2.63. The summed E-state index contributed by atoms with van der Waals surface area (Å²) in [5.74, 6) is -0.340. The van der Waals surface area contributed by atoms with Crippen molar-refractivity contribution in [2.75, 3.05) is 13.1 Å². The van der Waals surface area contributed by atoms with Crippen LogP contribution in [0.2, 0.25) is 0 Å². The fraction of sp³-hybridized carbons (Fsp3) is 0.889. The molecule has 0 saturated heterocycles. The molecule has 1 rings (SSSR count). The molecule has 0 unspecified atom stereocenters. The van der Waals surface area contributed by atoms with Crippen LogP contribution in [0.4, 0.5) is 0 Å². The van der Waals surface area contributed by atoms with Gasteiger partial charge in [0.05, 0.1) is 6.54 Å². The molecule has 76 valence electrons. The molecule has 0 aromatic carbocycles. The lowest BCUT2D eigenvalue weighted by Crippen LogP contribution is -2.45. The van der Waals surface area contributed by atoms with Crippen molar-refractivity contribution in [3.05, 3.63) is 0 Å². The highest BCUT2D eigenvalue weighted by Gasteiger charge is 2.33. The van der Waals surface area contributed by atoms with Crippen LogP contribution < -0.4 is 11.5 Å². The van der Waals surface area contributed by atoms with Crippen molar-refractivity contribution in [2.24, 2.45) is 11.5 Å². The zero-order valence-electron chi connectivity index (χ0n) is 7.92. The van der Waals surface area contributed by atoms with Crippen molar-refractivity contribution in [2.45, 2.75) is 37.7 Å². The van der Waals surface area contributed by atoms with E-state index in [1.54, 1.807) is 0 Å². The molecule has 0 heterocycles. The van der Waals surface area contributed by atoms with E-state index in [1.165, 1.54) is 6.42 Å². The van der Waals surface area contributed by atoms with Gasteiger partial charge < -0.3 is 16.2 Å². The molecule has 0 aromatic heterocycles. The number of rotatable bonds is 3. The molecule has 0 radical (unpaired) electrons. The number of hydrogen-bond donors (Lipinski definition) is 2. The van der Waals surface area contributed by atoms with E-state index < -0.39 is 5.60 Å². The maximum atomic E-state index is 11.0. The van der Waals surface area contributed by atoms with Gasteiger partial charge in [0.25, 0.3) is 0 Å². The molecule has 1 fully saturated rings. The van der Waals surface area contributed by atoms with Crippen molar-refractivity contribution >= 4 is 5.97 Å². The fourth-order valence-electron chi connectivity index (χ4n) is 1.83. The minimum atomic E-state index is -0.408. The van der Waals surface area contributed by atoms with Gasteiger partial charge >= 0.3 is 5.97 Å². The standard InChI is InChI=1S/C9H18N2O2/c10-6-8(12)13-9(7-11)4-2-1-3-5-9/h1-7,10-11H2. The van der Waals surface area contributed by atoms with Crippen molar-refractivity contribution in [1.29, 1.82) is 0 Å². The Hall–Kier alpha value is -0.610. The van der Waals surface area contributed by atoms with Crippen molar-refractivity contribution in [1.82, 2.24) is 0 Å². The van der Waals surface area contributed by atoms with Gasteiger partial charge in [0.15, 0.2) is 0 Å². The predicted octanol–water partition coefficient (Wildman–Crippen LogP) is 0.150. The molecule has 1 aliphatic carbocycles. The molecule has 0 amide bonds. The highest BCUT2D eigenvalue weighted by atomic mass is 16.6. The van der Waals surface area contributed by atoms with E-state index >= 15 is 0 Å². The number of nitrogens with two attached hydrogens (primary N) is 2. The first-order valence-corrected chi connectivity index (χ1v) is 4.84. The lowest BCUT2D eigenvalue weighted by atomic mass is 9.85. The Morgan fingerprint density at radius 2 is 1.85 bits per heavy atom. The molecule has 0 bridgehead atoms. The Balaban J connectivity index is 2.52. The monoisotopic (exact) mass is 186 g/mol. The predicted molar refractivity (Wildman–Crippen MR) is 50.0 cm³/mol. The smallest absolute Gasteiger partial charge is 0.320 e. The Morgan fingerprint density at radius 1 is 1.23 bits per heavy atom. The molecular weight excluding hydrogens is 168 g/mol. The molecule has 0 aliphatic heterocycles. The van der Waals surface area contributed by atoms with E-state index in [-0.39, 0.29) is 12.5 Å². The third-order valence-electron chi connectivity index (χ3n) is 2.63. The van der Waals surface area contributed by atoms with Gasteiger partial charge in [0, 0.05) is 6.54 Å². The summed E-state index contributed by atoms with van der Waals surface area (Å²) in [5.41, 5.74) is 10.4. The van der Waals surface area contributed by atoms with E-state index in [2.05, 4.69) is 0 Å². The van der Waals surface area contributed by atoms with Gasteiger partial charge in [-0.25, -0.2) is 0 Å². The molecule has 13 heavy (non-hydrogen) atoms. The van der Waals surface area contributed by atoms with Gasteiger partial charge in [-0.2, -0.15) is 0 Å². The molecule has 0 atom stereocenters. The number of ether oxygens (including phenoxy) is 1. The van der Waals surface area contributed by atoms with Gasteiger partial charge in [0.1, 0.15) is 5.60 Å². The number of carbonyl (C=O) groups is 1. The molecule has 1 aliphatic rings. The van der Waals surface area contributed by atoms with Crippen LogP contribution in [0.1, 0.15) is 32.1 Å². The van der Waals surface area contributed by atoms with Gasteiger partial charge in [0.2, 0.25) is 0 Å². The first-order valence-electron chi connectivity index (χ1n) is 4.84. The largest absolute Gasteiger partial charge is 0.457 e. The minimum absolute atomic E-state index is 0.0538. The quantitative estimate of drug-likeness (QED) is 0.615. The molecule has 0 spiro atoms. The van der Waals surface area contributed by atoms with Crippen LogP contribution in [-0.4, -0.2) is 24.7 Å². The Morgan fingerprint density at radius 3 is 2.31 bits per heavy atom. The van der Waals surface area contributed by atoms with Crippen molar-refractivity contribution in [3.63, 3.8) is 0 Å². The van der Waals surface area contributed by atoms with Crippen LogP contribution in [0.15, 0.2) is 0 Å². The lowest BCUT2D eigenvalue weighted by molar-refractivity contribution is -0.160. The molecular formula is C9H18N2O2.